The summed E-state index contributed by atoms with van der Waals surface area (Å²) in [7, 11) is 2.01. The van der Waals surface area contributed by atoms with E-state index in [9.17, 15) is 4.79 Å². The average molecular weight is 200 g/mol. The molecule has 0 aliphatic carbocycles. The predicted octanol–water partition coefficient (Wildman–Crippen LogP) is 1.76. The summed E-state index contributed by atoms with van der Waals surface area (Å²) in [4.78, 5) is 15.8. The van der Waals surface area contributed by atoms with Gasteiger partial charge >= 0.3 is 0 Å². The van der Waals surface area contributed by atoms with E-state index >= 15 is 0 Å². The number of ketones is 1. The second-order valence-corrected chi connectivity index (χ2v) is 4.01. The lowest BCUT2D eigenvalue weighted by molar-refractivity contribution is -0.113. The molecule has 0 saturated carbocycles. The Bertz CT molecular complexity index is 490. The van der Waals surface area contributed by atoms with E-state index in [0.717, 1.165) is 17.1 Å². The first kappa shape index (κ1) is 8.53. The van der Waals surface area contributed by atoms with Crippen molar-refractivity contribution in [3.63, 3.8) is 0 Å². The summed E-state index contributed by atoms with van der Waals surface area (Å²) in [6.07, 6.45) is 0. The molecule has 76 valence electrons. The zero-order valence-electron chi connectivity index (χ0n) is 8.82. The van der Waals surface area contributed by atoms with Crippen LogP contribution in [0.25, 0.3) is 0 Å². The Labute approximate surface area is 88.6 Å². The number of carbonyl (C=O) groups is 1. The molecule has 0 N–H and O–H groups in total. The van der Waals surface area contributed by atoms with Crippen molar-refractivity contribution < 1.29 is 4.79 Å². The summed E-state index contributed by atoms with van der Waals surface area (Å²) in [5, 5.41) is 0. The molecule has 15 heavy (non-hydrogen) atoms. The van der Waals surface area contributed by atoms with E-state index < -0.39 is 0 Å². The van der Waals surface area contributed by atoms with Crippen LogP contribution < -0.4 is 9.80 Å². The third-order valence-electron chi connectivity index (χ3n) is 3.16. The number of carbonyl (C=O) groups excluding carboxylic acids is 1. The van der Waals surface area contributed by atoms with Crippen LogP contribution in [0.2, 0.25) is 0 Å². The summed E-state index contributed by atoms with van der Waals surface area (Å²) < 4.78 is 0. The van der Waals surface area contributed by atoms with E-state index in [1.165, 1.54) is 5.69 Å². The zero-order chi connectivity index (χ0) is 10.6. The molecule has 3 rings (SSSR count). The first-order valence-corrected chi connectivity index (χ1v) is 5.04. The van der Waals surface area contributed by atoms with Crippen LogP contribution >= 0.6 is 0 Å². The Hall–Kier alpha value is -1.77. The Morgan fingerprint density at radius 1 is 1.20 bits per heavy atom. The quantitative estimate of drug-likeness (QED) is 0.637. The molecule has 0 spiro atoms. The number of anilines is 2. The van der Waals surface area contributed by atoms with Crippen molar-refractivity contribution in [3.8, 4) is 0 Å². The fourth-order valence-electron chi connectivity index (χ4n) is 2.39. The summed E-state index contributed by atoms with van der Waals surface area (Å²) in [5.41, 5.74) is 3.19. The van der Waals surface area contributed by atoms with Crippen molar-refractivity contribution in [1.29, 1.82) is 0 Å². The van der Waals surface area contributed by atoms with Gasteiger partial charge in [0.15, 0.2) is 5.78 Å². The Morgan fingerprint density at radius 2 is 1.87 bits per heavy atom. The highest BCUT2D eigenvalue weighted by Crippen LogP contribution is 2.43. The number of rotatable bonds is 0. The van der Waals surface area contributed by atoms with Crippen LogP contribution in [0.5, 0.6) is 0 Å². The van der Waals surface area contributed by atoms with Gasteiger partial charge in [-0.05, 0) is 19.1 Å². The maximum Gasteiger partial charge on any atom is 0.181 e. The maximum atomic E-state index is 11.6. The molecule has 0 radical (unpaired) electrons. The van der Waals surface area contributed by atoms with Crippen LogP contribution in [0.3, 0.4) is 0 Å². The highest BCUT2D eigenvalue weighted by molar-refractivity contribution is 6.07. The smallest absolute Gasteiger partial charge is 0.181 e. The number of hydrogen-bond donors (Lipinski definition) is 0. The van der Waals surface area contributed by atoms with E-state index in [2.05, 4.69) is 21.9 Å². The molecule has 3 nitrogen and oxygen atoms in total. The summed E-state index contributed by atoms with van der Waals surface area (Å²) in [5.74, 6) is 1.27. The fraction of sp³-hybridized carbons (Fsp3) is 0.250. The monoisotopic (exact) mass is 200 g/mol. The zero-order valence-corrected chi connectivity index (χ0v) is 8.82. The van der Waals surface area contributed by atoms with Gasteiger partial charge in [-0.2, -0.15) is 0 Å². The lowest BCUT2D eigenvalue weighted by atomic mass is 10.2. The van der Waals surface area contributed by atoms with Crippen molar-refractivity contribution in [2.75, 3.05) is 23.4 Å². The lowest BCUT2D eigenvalue weighted by Gasteiger charge is -2.16. The molecule has 0 amide bonds. The molecule has 0 atom stereocenters. The molecule has 2 aliphatic rings. The van der Waals surface area contributed by atoms with Crippen molar-refractivity contribution >= 4 is 17.2 Å². The summed E-state index contributed by atoms with van der Waals surface area (Å²) in [6, 6.07) is 8.17. The number of nitrogens with zero attached hydrogens (tertiary/aromatic N) is 2. The number of hydrogen-bond acceptors (Lipinski definition) is 3. The third-order valence-corrected chi connectivity index (χ3v) is 3.16. The van der Waals surface area contributed by atoms with Crippen molar-refractivity contribution in [3.05, 3.63) is 35.7 Å². The van der Waals surface area contributed by atoms with Gasteiger partial charge in [0.25, 0.3) is 0 Å². The minimum Gasteiger partial charge on any atom is -0.329 e. The molecule has 0 aromatic heterocycles. The molecular weight excluding hydrogens is 188 g/mol. The molecule has 0 unspecified atom stereocenters. The summed E-state index contributed by atoms with van der Waals surface area (Å²) >= 11 is 0. The van der Waals surface area contributed by atoms with Crippen LogP contribution in [0.1, 0.15) is 6.92 Å². The highest BCUT2D eigenvalue weighted by Gasteiger charge is 2.37. The van der Waals surface area contributed by atoms with Crippen molar-refractivity contribution in [1.82, 2.24) is 0 Å². The molecule has 1 aromatic carbocycles. The molecular formula is C12H12N2O. The maximum absolute atomic E-state index is 11.6. The second-order valence-electron chi connectivity index (χ2n) is 4.01. The van der Waals surface area contributed by atoms with Gasteiger partial charge in [0.05, 0.1) is 17.9 Å². The number of para-hydroxylation sites is 2. The van der Waals surface area contributed by atoms with Crippen molar-refractivity contribution in [2.24, 2.45) is 0 Å². The van der Waals surface area contributed by atoms with E-state index in [0.29, 0.717) is 6.54 Å². The first-order valence-electron chi connectivity index (χ1n) is 5.04. The highest BCUT2D eigenvalue weighted by atomic mass is 16.1. The Kier molecular flexibility index (Phi) is 1.49. The topological polar surface area (TPSA) is 23.6 Å². The van der Waals surface area contributed by atoms with Gasteiger partial charge in [-0.15, -0.1) is 0 Å². The van der Waals surface area contributed by atoms with E-state index in [1.807, 2.05) is 26.1 Å². The average Bonchev–Trinajstić information content (AvgIpc) is 2.68. The minimum absolute atomic E-state index is 0.228. The molecule has 2 heterocycles. The molecule has 0 fully saturated rings. The van der Waals surface area contributed by atoms with Gasteiger partial charge in [0, 0.05) is 12.6 Å². The number of benzene rings is 1. The fourth-order valence-corrected chi connectivity index (χ4v) is 2.39. The van der Waals surface area contributed by atoms with Gasteiger partial charge in [0.1, 0.15) is 5.82 Å². The van der Waals surface area contributed by atoms with Crippen molar-refractivity contribution in [2.45, 2.75) is 6.92 Å². The van der Waals surface area contributed by atoms with Crippen LogP contribution in [0.15, 0.2) is 35.7 Å². The van der Waals surface area contributed by atoms with Gasteiger partial charge in [-0.3, -0.25) is 4.79 Å². The first-order chi connectivity index (χ1) is 7.20. The van der Waals surface area contributed by atoms with Crippen LogP contribution in [0.4, 0.5) is 11.4 Å². The molecule has 2 aliphatic heterocycles. The summed E-state index contributed by atoms with van der Waals surface area (Å²) in [6.45, 7) is 2.39. The van der Waals surface area contributed by atoms with E-state index in [1.54, 1.807) is 0 Å². The Morgan fingerprint density at radius 3 is 2.60 bits per heavy atom. The van der Waals surface area contributed by atoms with Gasteiger partial charge in [-0.1, -0.05) is 12.1 Å². The Balaban J connectivity index is 2.23. The van der Waals surface area contributed by atoms with Gasteiger partial charge in [0.2, 0.25) is 0 Å². The van der Waals surface area contributed by atoms with Crippen LogP contribution in [0, 0.1) is 0 Å². The largest absolute Gasteiger partial charge is 0.329 e. The van der Waals surface area contributed by atoms with Crippen LogP contribution in [-0.2, 0) is 4.79 Å². The molecule has 3 heteroatoms. The third kappa shape index (κ3) is 0.923. The second kappa shape index (κ2) is 2.63. The van der Waals surface area contributed by atoms with Gasteiger partial charge < -0.3 is 9.80 Å². The number of fused-ring (bicyclic) bond motifs is 3. The number of Topliss-reactive ketones (excluding diaryl/α,β-unsaturated/α-hetero) is 1. The van der Waals surface area contributed by atoms with E-state index in [4.69, 9.17) is 0 Å². The molecule has 0 saturated heterocycles. The normalized spacial score (nSPS) is 18.7. The standard InChI is InChI=1S/C12H12N2O/c1-8-11(15)7-14-10-6-4-3-5-9(10)13(2)12(8)14/h3-6H,7H2,1-2H3. The molecule has 0 bridgehead atoms. The van der Waals surface area contributed by atoms with Crippen LogP contribution in [-0.4, -0.2) is 19.4 Å². The molecule has 1 aromatic rings. The van der Waals surface area contributed by atoms with E-state index in [-0.39, 0.29) is 5.78 Å². The SMILES string of the molecule is CC1=C2N(C)c3ccccc3N2CC1=O. The predicted molar refractivity (Wildman–Crippen MR) is 59.9 cm³/mol. The van der Waals surface area contributed by atoms with Gasteiger partial charge in [-0.25, -0.2) is 0 Å². The minimum atomic E-state index is 0.228. The lowest BCUT2D eigenvalue weighted by Crippen LogP contribution is -2.22.